The van der Waals surface area contributed by atoms with Gasteiger partial charge in [-0.05, 0) is 32.6 Å². The smallest absolute Gasteiger partial charge is 0.303 e. The minimum Gasteiger partial charge on any atom is -0.463 e. The van der Waals surface area contributed by atoms with Crippen molar-refractivity contribution in [2.75, 3.05) is 6.61 Å². The van der Waals surface area contributed by atoms with Crippen molar-refractivity contribution in [3.63, 3.8) is 0 Å². The fraction of sp³-hybridized carbons (Fsp3) is 0.722. The highest BCUT2D eigenvalue weighted by molar-refractivity contribution is 14.1. The van der Waals surface area contributed by atoms with E-state index in [4.69, 9.17) is 23.7 Å². The molecule has 3 rings (SSSR count). The molecule has 0 radical (unpaired) electrons. The molecular formula is C18H23IO8. The van der Waals surface area contributed by atoms with Gasteiger partial charge in [0.2, 0.25) is 0 Å². The number of halogens is 1. The quantitative estimate of drug-likeness (QED) is 0.332. The van der Waals surface area contributed by atoms with Crippen LogP contribution in [0.3, 0.4) is 0 Å². The number of allylic oxidation sites excluding steroid dienone is 1. The Bertz CT molecular complexity index is 647. The Balaban J connectivity index is 1.90. The fourth-order valence-corrected chi connectivity index (χ4v) is 4.76. The molecule has 0 amide bonds. The molecule has 8 nitrogen and oxygen atoms in total. The Morgan fingerprint density at radius 3 is 2.37 bits per heavy atom. The highest BCUT2D eigenvalue weighted by Gasteiger charge is 2.59. The summed E-state index contributed by atoms with van der Waals surface area (Å²) in [6, 6.07) is 0. The predicted octanol–water partition coefficient (Wildman–Crippen LogP) is 1.88. The van der Waals surface area contributed by atoms with Crippen molar-refractivity contribution < 1.29 is 38.1 Å². The Labute approximate surface area is 171 Å². The number of esters is 3. The molecule has 2 fully saturated rings. The van der Waals surface area contributed by atoms with Crippen LogP contribution in [0.25, 0.3) is 0 Å². The van der Waals surface area contributed by atoms with Gasteiger partial charge in [-0.2, -0.15) is 0 Å². The first kappa shape index (κ1) is 20.5. The molecule has 0 N–H and O–H groups in total. The maximum Gasteiger partial charge on any atom is 0.303 e. The highest BCUT2D eigenvalue weighted by Crippen LogP contribution is 2.48. The minimum absolute atomic E-state index is 0.0552. The van der Waals surface area contributed by atoms with Crippen molar-refractivity contribution in [1.82, 2.24) is 0 Å². The molecule has 2 aliphatic heterocycles. The molecule has 0 spiro atoms. The van der Waals surface area contributed by atoms with Crippen LogP contribution < -0.4 is 0 Å². The third-order valence-electron chi connectivity index (χ3n) is 5.04. The summed E-state index contributed by atoms with van der Waals surface area (Å²) in [5.41, 5.74) is 0. The van der Waals surface area contributed by atoms with Crippen LogP contribution in [-0.4, -0.2) is 55.2 Å². The van der Waals surface area contributed by atoms with Crippen LogP contribution in [0.1, 0.15) is 33.6 Å². The summed E-state index contributed by atoms with van der Waals surface area (Å²) in [5, 5.41) is 0. The van der Waals surface area contributed by atoms with E-state index in [-0.39, 0.29) is 24.5 Å². The second-order valence-electron chi connectivity index (χ2n) is 7.00. The molecule has 0 aromatic heterocycles. The number of carbonyl (C=O) groups excluding carboxylic acids is 3. The number of ether oxygens (including phenoxy) is 5. The summed E-state index contributed by atoms with van der Waals surface area (Å²) >= 11 is 2.29. The maximum absolute atomic E-state index is 11.8. The van der Waals surface area contributed by atoms with Gasteiger partial charge >= 0.3 is 17.9 Å². The maximum atomic E-state index is 11.8. The first-order chi connectivity index (χ1) is 12.8. The van der Waals surface area contributed by atoms with Gasteiger partial charge in [-0.25, -0.2) is 0 Å². The first-order valence-corrected chi connectivity index (χ1v) is 9.97. The van der Waals surface area contributed by atoms with E-state index in [2.05, 4.69) is 28.7 Å². The second-order valence-corrected chi connectivity index (χ2v) is 8.39. The molecule has 0 bridgehead atoms. The lowest BCUT2D eigenvalue weighted by atomic mass is 9.76. The summed E-state index contributed by atoms with van der Waals surface area (Å²) in [4.78, 5) is 34.7. The normalized spacial score (nSPS) is 37.5. The van der Waals surface area contributed by atoms with Crippen LogP contribution in [0.5, 0.6) is 0 Å². The van der Waals surface area contributed by atoms with Crippen molar-refractivity contribution >= 4 is 40.5 Å². The van der Waals surface area contributed by atoms with E-state index in [0.717, 1.165) is 12.8 Å². The average Bonchev–Trinajstić information content (AvgIpc) is 2.91. The first-order valence-electron chi connectivity index (χ1n) is 8.89. The summed E-state index contributed by atoms with van der Waals surface area (Å²) in [5.74, 6) is -1.66. The van der Waals surface area contributed by atoms with Crippen LogP contribution in [-0.2, 0) is 38.1 Å². The van der Waals surface area contributed by atoms with Crippen molar-refractivity contribution in [2.45, 2.75) is 64.3 Å². The minimum atomic E-state index is -0.876. The summed E-state index contributed by atoms with van der Waals surface area (Å²) in [6.07, 6.45) is 0.616. The van der Waals surface area contributed by atoms with Crippen LogP contribution in [0.15, 0.2) is 9.66 Å². The zero-order chi connectivity index (χ0) is 19.7. The fourth-order valence-electron chi connectivity index (χ4n) is 4.07. The highest BCUT2D eigenvalue weighted by atomic mass is 127. The molecule has 0 saturated carbocycles. The van der Waals surface area contributed by atoms with E-state index in [1.165, 1.54) is 24.4 Å². The number of carbonyl (C=O) groups is 3. The molecule has 9 heteroatoms. The Hall–Kier alpha value is -1.20. The lowest BCUT2D eigenvalue weighted by Crippen LogP contribution is -2.58. The zero-order valence-corrected chi connectivity index (χ0v) is 17.5. The average molecular weight is 494 g/mol. The monoisotopic (exact) mass is 494 g/mol. The zero-order valence-electron chi connectivity index (χ0n) is 15.4. The van der Waals surface area contributed by atoms with E-state index < -0.39 is 42.5 Å². The lowest BCUT2D eigenvalue weighted by Gasteiger charge is -2.43. The van der Waals surface area contributed by atoms with Crippen molar-refractivity contribution in [3.05, 3.63) is 9.66 Å². The number of rotatable bonds is 4. The van der Waals surface area contributed by atoms with E-state index in [0.29, 0.717) is 0 Å². The molecule has 1 aliphatic carbocycles. The molecule has 150 valence electrons. The molecule has 2 saturated heterocycles. The molecule has 0 unspecified atom stereocenters. The van der Waals surface area contributed by atoms with Gasteiger partial charge in [0.1, 0.15) is 18.8 Å². The van der Waals surface area contributed by atoms with Crippen LogP contribution in [0.4, 0.5) is 0 Å². The summed E-state index contributed by atoms with van der Waals surface area (Å²) in [6.45, 7) is 3.75. The van der Waals surface area contributed by atoms with Crippen LogP contribution in [0, 0.1) is 11.8 Å². The Kier molecular flexibility index (Phi) is 6.42. The second kappa shape index (κ2) is 8.44. The predicted molar refractivity (Wildman–Crippen MR) is 99.6 cm³/mol. The topological polar surface area (TPSA) is 97.4 Å². The molecule has 27 heavy (non-hydrogen) atoms. The Morgan fingerprint density at radius 1 is 1.07 bits per heavy atom. The molecule has 3 aliphatic rings. The number of fused-ring (bicyclic) bond motifs is 3. The van der Waals surface area contributed by atoms with Gasteiger partial charge in [-0.3, -0.25) is 14.4 Å². The van der Waals surface area contributed by atoms with Crippen molar-refractivity contribution in [2.24, 2.45) is 11.8 Å². The third-order valence-corrected chi connectivity index (χ3v) is 5.92. The van der Waals surface area contributed by atoms with Gasteiger partial charge in [-0.1, -0.05) is 6.08 Å². The van der Waals surface area contributed by atoms with Crippen molar-refractivity contribution in [3.8, 4) is 0 Å². The van der Waals surface area contributed by atoms with Crippen LogP contribution in [0.2, 0.25) is 0 Å². The third kappa shape index (κ3) is 4.62. The molecule has 2 heterocycles. The molecule has 7 atom stereocenters. The largest absolute Gasteiger partial charge is 0.463 e. The van der Waals surface area contributed by atoms with E-state index in [9.17, 15) is 14.4 Å². The molecular weight excluding hydrogens is 471 g/mol. The number of hydrogen-bond donors (Lipinski definition) is 0. The molecule has 0 aromatic carbocycles. The van der Waals surface area contributed by atoms with Crippen LogP contribution >= 0.6 is 22.6 Å². The SMILES string of the molecule is CC(=O)OC[C@H]1O[C@@H]2O[C@@H]3CC(I)=CC[C@H]3[C@@H]2[C@@H](OC(C)=O)[C@@H]1OC(C)=O. The van der Waals surface area contributed by atoms with Gasteiger partial charge in [0.25, 0.3) is 0 Å². The van der Waals surface area contributed by atoms with Gasteiger partial charge in [-0.15, -0.1) is 0 Å². The summed E-state index contributed by atoms with van der Waals surface area (Å²) < 4.78 is 29.4. The Morgan fingerprint density at radius 2 is 1.74 bits per heavy atom. The van der Waals surface area contributed by atoms with Gasteiger partial charge in [0.05, 0.1) is 12.0 Å². The molecule has 0 aromatic rings. The van der Waals surface area contributed by atoms with Gasteiger partial charge < -0.3 is 23.7 Å². The summed E-state index contributed by atoms with van der Waals surface area (Å²) in [7, 11) is 0. The van der Waals surface area contributed by atoms with E-state index in [1.54, 1.807) is 0 Å². The number of hydrogen-bond acceptors (Lipinski definition) is 8. The van der Waals surface area contributed by atoms with Gasteiger partial charge in [0, 0.05) is 33.1 Å². The van der Waals surface area contributed by atoms with Crippen molar-refractivity contribution in [1.29, 1.82) is 0 Å². The standard InChI is InChI=1S/C18H23IO8/c1-8(20)23-7-14-16(24-9(2)21)17(25-10(3)22)15-12-5-4-11(19)6-13(12)26-18(15)27-14/h4,12-18H,5-7H2,1-3H3/t12-,13-,14-,15-,16-,17-,18+/m1/s1. The van der Waals surface area contributed by atoms with Gasteiger partial charge in [0.15, 0.2) is 12.4 Å². The van der Waals surface area contributed by atoms with E-state index >= 15 is 0 Å². The lowest BCUT2D eigenvalue weighted by molar-refractivity contribution is -0.273. The van der Waals surface area contributed by atoms with E-state index in [1.807, 2.05) is 0 Å².